The molecule has 12 heteroatoms. The Morgan fingerprint density at radius 3 is 1.04 bits per heavy atom. The van der Waals surface area contributed by atoms with E-state index in [1.54, 1.807) is 83.9 Å². The van der Waals surface area contributed by atoms with Crippen molar-refractivity contribution in [2.24, 2.45) is 0 Å². The van der Waals surface area contributed by atoms with Crippen molar-refractivity contribution in [3.8, 4) is 0 Å². The summed E-state index contributed by atoms with van der Waals surface area (Å²) >= 11 is 0. The zero-order valence-electron chi connectivity index (χ0n) is 16.5. The van der Waals surface area contributed by atoms with Gasteiger partial charge in [-0.05, 0) is 33.5 Å². The highest BCUT2D eigenvalue weighted by atomic mass is 33.7. The van der Waals surface area contributed by atoms with E-state index in [4.69, 9.17) is 26.6 Å². The Hall–Kier alpha value is 1.07. The molecule has 0 fully saturated rings. The van der Waals surface area contributed by atoms with Gasteiger partial charge in [0.2, 0.25) is 0 Å². The quantitative estimate of drug-likeness (QED) is 0.147. The minimum atomic E-state index is -2.76. The highest BCUT2D eigenvalue weighted by Gasteiger charge is 2.48. The zero-order chi connectivity index (χ0) is 20.1. The van der Waals surface area contributed by atoms with Crippen LogP contribution in [0.25, 0.3) is 0 Å². The van der Waals surface area contributed by atoms with Crippen molar-refractivity contribution in [2.75, 3.05) is 42.7 Å². The van der Waals surface area contributed by atoms with Crippen LogP contribution in [-0.4, -0.2) is 70.0 Å². The Balaban J connectivity index is 4.94. The lowest BCUT2D eigenvalue weighted by molar-refractivity contribution is 0.125. The van der Waals surface area contributed by atoms with Gasteiger partial charge in [0.1, 0.15) is 9.75 Å². The third-order valence-electron chi connectivity index (χ3n) is 3.45. The second-order valence-corrected chi connectivity index (χ2v) is 17.7. The SMILES string of the molecule is CC=CC(SSSSC(C=CC)[Si](OC)(OC)OC)[Si](OC)(OC)OC. The van der Waals surface area contributed by atoms with E-state index in [9.17, 15) is 0 Å². The first-order chi connectivity index (χ1) is 12.5. The smallest absolute Gasteiger partial charge is 0.376 e. The van der Waals surface area contributed by atoms with Gasteiger partial charge in [-0.1, -0.05) is 45.9 Å². The van der Waals surface area contributed by atoms with Crippen molar-refractivity contribution in [1.29, 1.82) is 0 Å². The molecule has 0 saturated carbocycles. The van der Waals surface area contributed by atoms with E-state index in [2.05, 4.69) is 0 Å². The maximum atomic E-state index is 5.60. The third kappa shape index (κ3) is 7.48. The van der Waals surface area contributed by atoms with E-state index in [0.29, 0.717) is 0 Å². The molecule has 0 amide bonds. The number of allylic oxidation sites excluding steroid dienone is 2. The highest BCUT2D eigenvalue weighted by Crippen LogP contribution is 2.50. The summed E-state index contributed by atoms with van der Waals surface area (Å²) in [4.78, 5) is -0.0277. The van der Waals surface area contributed by atoms with Gasteiger partial charge in [0.15, 0.2) is 0 Å². The zero-order valence-corrected chi connectivity index (χ0v) is 21.8. The van der Waals surface area contributed by atoms with Gasteiger partial charge in [0, 0.05) is 42.7 Å². The van der Waals surface area contributed by atoms with E-state index in [1.165, 1.54) is 0 Å². The van der Waals surface area contributed by atoms with Crippen molar-refractivity contribution in [3.63, 3.8) is 0 Å². The molecule has 154 valence electrons. The van der Waals surface area contributed by atoms with Gasteiger partial charge in [0.25, 0.3) is 0 Å². The standard InChI is InChI=1S/C14H30O6S4Si2/c1-9-11-13(25(15-3,16-4)17-5)21-23-24-22-14(12-10-2)26(18-6,19-7)20-8/h9-14H,1-8H3. The fourth-order valence-corrected chi connectivity index (χ4v) is 17.8. The summed E-state index contributed by atoms with van der Waals surface area (Å²) in [5.74, 6) is 0. The second kappa shape index (κ2) is 15.0. The summed E-state index contributed by atoms with van der Waals surface area (Å²) in [6.45, 7) is 3.94. The van der Waals surface area contributed by atoms with Crippen LogP contribution in [0.15, 0.2) is 24.3 Å². The Labute approximate surface area is 175 Å². The molecular formula is C14H30O6S4Si2. The van der Waals surface area contributed by atoms with Gasteiger partial charge >= 0.3 is 17.6 Å². The van der Waals surface area contributed by atoms with E-state index < -0.39 is 17.6 Å². The van der Waals surface area contributed by atoms with Crippen LogP contribution in [0.4, 0.5) is 0 Å². The van der Waals surface area contributed by atoms with E-state index in [1.807, 2.05) is 38.2 Å². The lowest BCUT2D eigenvalue weighted by Gasteiger charge is -2.30. The van der Waals surface area contributed by atoms with Crippen molar-refractivity contribution in [3.05, 3.63) is 24.3 Å². The maximum absolute atomic E-state index is 5.60. The van der Waals surface area contributed by atoms with Gasteiger partial charge in [-0.3, -0.25) is 0 Å². The molecule has 0 bridgehead atoms. The Morgan fingerprint density at radius 1 is 0.577 bits per heavy atom. The van der Waals surface area contributed by atoms with Crippen LogP contribution in [0.1, 0.15) is 13.8 Å². The van der Waals surface area contributed by atoms with E-state index in [-0.39, 0.29) is 9.75 Å². The van der Waals surface area contributed by atoms with Crippen molar-refractivity contribution >= 4 is 58.8 Å². The first-order valence-corrected chi connectivity index (χ1v) is 16.3. The van der Waals surface area contributed by atoms with E-state index in [0.717, 1.165) is 0 Å². The van der Waals surface area contributed by atoms with Gasteiger partial charge in [-0.25, -0.2) is 0 Å². The van der Waals surface area contributed by atoms with E-state index >= 15 is 0 Å². The molecule has 6 nitrogen and oxygen atoms in total. The number of rotatable bonds is 15. The fourth-order valence-electron chi connectivity index (χ4n) is 2.08. The predicted molar refractivity (Wildman–Crippen MR) is 121 cm³/mol. The fraction of sp³-hybridized carbons (Fsp3) is 0.714. The minimum absolute atomic E-state index is 0.0138. The Morgan fingerprint density at radius 2 is 0.846 bits per heavy atom. The molecule has 0 rings (SSSR count). The third-order valence-corrected chi connectivity index (χ3v) is 18.3. The van der Waals surface area contributed by atoms with Gasteiger partial charge in [-0.15, -0.1) is 0 Å². The molecule has 0 aromatic carbocycles. The largest absolute Gasteiger partial charge is 0.518 e. The van der Waals surface area contributed by atoms with Gasteiger partial charge in [0.05, 0.1) is 0 Å². The second-order valence-electron chi connectivity index (χ2n) is 4.65. The van der Waals surface area contributed by atoms with Crippen LogP contribution >= 0.6 is 41.2 Å². The normalized spacial score (nSPS) is 15.8. The summed E-state index contributed by atoms with van der Waals surface area (Å²) in [5.41, 5.74) is 0. The molecule has 0 radical (unpaired) electrons. The minimum Gasteiger partial charge on any atom is -0.376 e. The first kappa shape index (κ1) is 27.1. The van der Waals surface area contributed by atoms with Crippen molar-refractivity contribution in [1.82, 2.24) is 0 Å². The lowest BCUT2D eigenvalue weighted by atomic mass is 10.6. The maximum Gasteiger partial charge on any atom is 0.518 e. The molecule has 2 unspecified atom stereocenters. The van der Waals surface area contributed by atoms with Crippen LogP contribution < -0.4 is 0 Å². The number of hydrogen-bond acceptors (Lipinski definition) is 10. The molecule has 0 aliphatic rings. The van der Waals surface area contributed by atoms with Crippen LogP contribution in [0.2, 0.25) is 0 Å². The summed E-state index contributed by atoms with van der Waals surface area (Å²) in [6.07, 6.45) is 8.06. The molecule has 2 atom stereocenters. The Kier molecular flexibility index (Phi) is 15.6. The van der Waals surface area contributed by atoms with Crippen molar-refractivity contribution in [2.45, 2.75) is 23.6 Å². The monoisotopic (exact) mass is 478 g/mol. The van der Waals surface area contributed by atoms with Crippen LogP contribution in [0.5, 0.6) is 0 Å². The molecule has 0 aliphatic heterocycles. The molecule has 0 heterocycles. The van der Waals surface area contributed by atoms with Crippen LogP contribution in [0.3, 0.4) is 0 Å². The summed E-state index contributed by atoms with van der Waals surface area (Å²) in [6, 6.07) is 0. The first-order valence-electron chi connectivity index (χ1n) is 7.71. The summed E-state index contributed by atoms with van der Waals surface area (Å²) in [5, 5.41) is 0. The molecule has 0 spiro atoms. The molecular weight excluding hydrogens is 449 g/mol. The van der Waals surface area contributed by atoms with Gasteiger partial charge in [-0.2, -0.15) is 0 Å². The topological polar surface area (TPSA) is 55.4 Å². The summed E-state index contributed by atoms with van der Waals surface area (Å²) < 4.78 is 33.6. The molecule has 0 N–H and O–H groups in total. The predicted octanol–water partition coefficient (Wildman–Crippen LogP) is 4.39. The molecule has 0 aliphatic carbocycles. The molecule has 0 aromatic heterocycles. The highest BCUT2D eigenvalue weighted by molar-refractivity contribution is 9.26. The summed E-state index contributed by atoms with van der Waals surface area (Å²) in [7, 11) is 10.8. The van der Waals surface area contributed by atoms with Gasteiger partial charge < -0.3 is 26.6 Å². The molecule has 0 aromatic rings. The molecule has 26 heavy (non-hydrogen) atoms. The average molecular weight is 479 g/mol. The Bertz CT molecular complexity index is 368. The average Bonchev–Trinajstić information content (AvgIpc) is 2.68. The van der Waals surface area contributed by atoms with Crippen molar-refractivity contribution < 1.29 is 26.6 Å². The molecule has 0 saturated heterocycles. The van der Waals surface area contributed by atoms with Crippen LogP contribution in [-0.2, 0) is 26.6 Å². The van der Waals surface area contributed by atoms with Crippen LogP contribution in [0, 0.1) is 0 Å². The lowest BCUT2D eigenvalue weighted by Crippen LogP contribution is -2.52. The number of hydrogen-bond donors (Lipinski definition) is 0.